The second kappa shape index (κ2) is 9.67. The first kappa shape index (κ1) is 22.4. The maximum absolute atomic E-state index is 13.7. The number of benzene rings is 2. The van der Waals surface area contributed by atoms with Gasteiger partial charge in [0.25, 0.3) is 0 Å². The Hall–Kier alpha value is -3.31. The summed E-state index contributed by atoms with van der Waals surface area (Å²) in [6, 6.07) is 11.3. The van der Waals surface area contributed by atoms with E-state index in [1.807, 2.05) is 24.3 Å². The summed E-state index contributed by atoms with van der Waals surface area (Å²) in [6.07, 6.45) is 0. The summed E-state index contributed by atoms with van der Waals surface area (Å²) in [4.78, 5) is 7.96. The zero-order chi connectivity index (χ0) is 22.4. The van der Waals surface area contributed by atoms with E-state index in [0.717, 1.165) is 23.6 Å². The van der Waals surface area contributed by atoms with E-state index in [1.54, 1.807) is 20.1 Å². The van der Waals surface area contributed by atoms with Crippen molar-refractivity contribution < 1.29 is 21.9 Å². The quantitative estimate of drug-likeness (QED) is 0.431. The fourth-order valence-corrected chi connectivity index (χ4v) is 3.78. The van der Waals surface area contributed by atoms with Crippen molar-refractivity contribution in [1.82, 2.24) is 14.7 Å². The van der Waals surface area contributed by atoms with Gasteiger partial charge in [-0.15, -0.1) is 0 Å². The minimum atomic E-state index is -4.11. The molecular formula is C20H21F2N5O3S. The molecule has 0 saturated carbocycles. The highest BCUT2D eigenvalue weighted by Gasteiger charge is 2.18. The Bertz CT molecular complexity index is 1160. The normalized spacial score (nSPS) is 11.2. The lowest BCUT2D eigenvalue weighted by Gasteiger charge is -2.11. The van der Waals surface area contributed by atoms with Gasteiger partial charge in [0.2, 0.25) is 10.0 Å². The Kier molecular flexibility index (Phi) is 6.98. The number of anilines is 3. The van der Waals surface area contributed by atoms with Gasteiger partial charge in [0.15, 0.2) is 0 Å². The number of hydrogen-bond acceptors (Lipinski definition) is 7. The average molecular weight is 449 g/mol. The number of ether oxygens (including phenoxy) is 1. The van der Waals surface area contributed by atoms with Crippen LogP contribution in [0.4, 0.5) is 26.1 Å². The van der Waals surface area contributed by atoms with Gasteiger partial charge in [0, 0.05) is 30.9 Å². The third-order valence-corrected chi connectivity index (χ3v) is 5.60. The van der Waals surface area contributed by atoms with E-state index in [-0.39, 0.29) is 13.1 Å². The van der Waals surface area contributed by atoms with E-state index < -0.39 is 26.6 Å². The summed E-state index contributed by atoms with van der Waals surface area (Å²) in [6.45, 7) is 1.87. The molecule has 0 saturated heterocycles. The SMILES string of the molecule is COc1ccc(Nc2cc(NCCNS(=O)(=O)c3ccc(F)cc3F)nc(C)n2)cc1. The largest absolute Gasteiger partial charge is 0.497 e. The standard InChI is InChI=1S/C20H21F2N5O3S/c1-13-25-19(12-20(26-13)27-15-4-6-16(30-2)7-5-15)23-9-10-24-31(28,29)18-8-3-14(21)11-17(18)22/h3-8,11-12,24H,9-10H2,1-2H3,(H2,23,25,26,27). The Labute approximate surface area is 178 Å². The van der Waals surface area contributed by atoms with E-state index in [9.17, 15) is 17.2 Å². The van der Waals surface area contributed by atoms with E-state index in [1.165, 1.54) is 0 Å². The summed E-state index contributed by atoms with van der Waals surface area (Å²) in [5.74, 6) is 0.270. The molecule has 3 aromatic rings. The number of nitrogens with zero attached hydrogens (tertiary/aromatic N) is 2. The molecule has 1 heterocycles. The second-order valence-electron chi connectivity index (χ2n) is 6.44. The minimum Gasteiger partial charge on any atom is -0.497 e. The Morgan fingerprint density at radius 3 is 2.35 bits per heavy atom. The third kappa shape index (κ3) is 6.09. The smallest absolute Gasteiger partial charge is 0.243 e. The van der Waals surface area contributed by atoms with Crippen LogP contribution in [-0.4, -0.2) is 38.6 Å². The number of halogens is 2. The molecule has 0 amide bonds. The van der Waals surface area contributed by atoms with Crippen molar-refractivity contribution in [1.29, 1.82) is 0 Å². The molecule has 3 rings (SSSR count). The molecule has 0 atom stereocenters. The lowest BCUT2D eigenvalue weighted by molar-refractivity contribution is 0.415. The fourth-order valence-electron chi connectivity index (χ4n) is 2.69. The molecule has 1 aromatic heterocycles. The van der Waals surface area contributed by atoms with Crippen molar-refractivity contribution >= 4 is 27.3 Å². The van der Waals surface area contributed by atoms with Crippen LogP contribution in [0.1, 0.15) is 5.82 Å². The van der Waals surface area contributed by atoms with Gasteiger partial charge in [0.05, 0.1) is 7.11 Å². The molecule has 0 aliphatic carbocycles. The van der Waals surface area contributed by atoms with E-state index >= 15 is 0 Å². The van der Waals surface area contributed by atoms with Crippen molar-refractivity contribution in [2.75, 3.05) is 30.8 Å². The summed E-state index contributed by atoms with van der Waals surface area (Å²) in [5.41, 5.74) is 0.805. The molecule has 0 radical (unpaired) electrons. The monoisotopic (exact) mass is 449 g/mol. The van der Waals surface area contributed by atoms with Gasteiger partial charge in [-0.2, -0.15) is 0 Å². The maximum Gasteiger partial charge on any atom is 0.243 e. The van der Waals surface area contributed by atoms with Crippen LogP contribution in [0.15, 0.2) is 53.4 Å². The minimum absolute atomic E-state index is 0.0383. The number of rotatable bonds is 9. The molecule has 0 spiro atoms. The molecule has 0 aliphatic heterocycles. The molecular weight excluding hydrogens is 428 g/mol. The molecule has 3 N–H and O–H groups in total. The number of sulfonamides is 1. The van der Waals surface area contributed by atoms with Gasteiger partial charge in [0.1, 0.15) is 39.7 Å². The predicted molar refractivity (Wildman–Crippen MR) is 113 cm³/mol. The number of aryl methyl sites for hydroxylation is 1. The first-order valence-electron chi connectivity index (χ1n) is 9.22. The predicted octanol–water partition coefficient (Wildman–Crippen LogP) is 3.21. The number of nitrogens with one attached hydrogen (secondary N) is 3. The summed E-state index contributed by atoms with van der Waals surface area (Å²) >= 11 is 0. The maximum atomic E-state index is 13.7. The molecule has 31 heavy (non-hydrogen) atoms. The number of aromatic nitrogens is 2. The summed E-state index contributed by atoms with van der Waals surface area (Å²) in [5, 5.41) is 6.14. The topological polar surface area (TPSA) is 105 Å². The van der Waals surface area contributed by atoms with Crippen LogP contribution in [0.25, 0.3) is 0 Å². The Morgan fingerprint density at radius 2 is 1.68 bits per heavy atom. The van der Waals surface area contributed by atoms with Crippen LogP contribution in [0.2, 0.25) is 0 Å². The number of methoxy groups -OCH3 is 1. The van der Waals surface area contributed by atoms with Crippen molar-refractivity contribution in [3.63, 3.8) is 0 Å². The average Bonchev–Trinajstić information content (AvgIpc) is 2.71. The van der Waals surface area contributed by atoms with Crippen LogP contribution < -0.4 is 20.1 Å². The highest BCUT2D eigenvalue weighted by molar-refractivity contribution is 7.89. The van der Waals surface area contributed by atoms with Crippen molar-refractivity contribution in [2.24, 2.45) is 0 Å². The van der Waals surface area contributed by atoms with Gasteiger partial charge < -0.3 is 15.4 Å². The third-order valence-electron chi connectivity index (χ3n) is 4.11. The van der Waals surface area contributed by atoms with E-state index in [0.29, 0.717) is 23.5 Å². The second-order valence-corrected chi connectivity index (χ2v) is 8.17. The molecule has 164 valence electrons. The summed E-state index contributed by atoms with van der Waals surface area (Å²) in [7, 11) is -2.52. The van der Waals surface area contributed by atoms with Crippen molar-refractivity contribution in [3.05, 3.63) is 66.0 Å². The van der Waals surface area contributed by atoms with E-state index in [4.69, 9.17) is 4.74 Å². The molecule has 11 heteroatoms. The van der Waals surface area contributed by atoms with Gasteiger partial charge in [-0.1, -0.05) is 0 Å². The molecule has 0 fully saturated rings. The van der Waals surface area contributed by atoms with Crippen molar-refractivity contribution in [3.8, 4) is 5.75 Å². The fraction of sp³-hybridized carbons (Fsp3) is 0.200. The van der Waals surface area contributed by atoms with Crippen LogP contribution in [0, 0.1) is 18.6 Å². The highest BCUT2D eigenvalue weighted by Crippen LogP contribution is 2.20. The molecule has 0 unspecified atom stereocenters. The Balaban J connectivity index is 1.59. The Morgan fingerprint density at radius 1 is 0.968 bits per heavy atom. The van der Waals surface area contributed by atoms with Gasteiger partial charge in [-0.05, 0) is 43.3 Å². The molecule has 0 aliphatic rings. The molecule has 0 bridgehead atoms. The molecule has 8 nitrogen and oxygen atoms in total. The van der Waals surface area contributed by atoms with Crippen LogP contribution in [-0.2, 0) is 10.0 Å². The van der Waals surface area contributed by atoms with Crippen LogP contribution >= 0.6 is 0 Å². The molecule has 2 aromatic carbocycles. The van der Waals surface area contributed by atoms with Crippen LogP contribution in [0.3, 0.4) is 0 Å². The first-order chi connectivity index (χ1) is 14.8. The zero-order valence-corrected chi connectivity index (χ0v) is 17.6. The van der Waals surface area contributed by atoms with Crippen LogP contribution in [0.5, 0.6) is 5.75 Å². The number of hydrogen-bond donors (Lipinski definition) is 3. The van der Waals surface area contributed by atoms with Gasteiger partial charge in [-0.3, -0.25) is 0 Å². The zero-order valence-electron chi connectivity index (χ0n) is 16.8. The van der Waals surface area contributed by atoms with E-state index in [2.05, 4.69) is 25.3 Å². The van der Waals surface area contributed by atoms with Gasteiger partial charge in [-0.25, -0.2) is 31.9 Å². The first-order valence-corrected chi connectivity index (χ1v) is 10.7. The van der Waals surface area contributed by atoms with Crippen molar-refractivity contribution in [2.45, 2.75) is 11.8 Å². The summed E-state index contributed by atoms with van der Waals surface area (Å²) < 4.78 is 58.5. The highest BCUT2D eigenvalue weighted by atomic mass is 32.2. The lowest BCUT2D eigenvalue weighted by atomic mass is 10.3. The lowest BCUT2D eigenvalue weighted by Crippen LogP contribution is -2.29. The van der Waals surface area contributed by atoms with Gasteiger partial charge >= 0.3 is 0 Å².